The molecule has 4 heteroatoms. The summed E-state index contributed by atoms with van der Waals surface area (Å²) in [6.07, 6.45) is 5.28. The molecule has 0 spiro atoms. The van der Waals surface area contributed by atoms with Crippen LogP contribution in [0.4, 0.5) is 5.69 Å². The Kier molecular flexibility index (Phi) is 5.20. The summed E-state index contributed by atoms with van der Waals surface area (Å²) < 4.78 is 10.8. The Balaban J connectivity index is 1.75. The number of benzene rings is 1. The first-order valence-electron chi connectivity index (χ1n) is 6.47. The van der Waals surface area contributed by atoms with Crippen LogP contribution in [0, 0.1) is 0 Å². The average Bonchev–Trinajstić information content (AvgIpc) is 2.89. The van der Waals surface area contributed by atoms with Crippen LogP contribution in [0.3, 0.4) is 0 Å². The topological polar surface area (TPSA) is 44.5 Å². The van der Waals surface area contributed by atoms with E-state index in [4.69, 9.17) is 15.2 Å². The number of hydrogen-bond donors (Lipinski definition) is 1. The SMILES string of the molecule is COc1ccc(N)c(SCCCC2CCCO2)c1. The van der Waals surface area contributed by atoms with E-state index in [0.717, 1.165) is 35.1 Å². The van der Waals surface area contributed by atoms with Crippen LogP contribution in [-0.2, 0) is 4.74 Å². The van der Waals surface area contributed by atoms with Gasteiger partial charge in [0, 0.05) is 17.2 Å². The van der Waals surface area contributed by atoms with Crippen molar-refractivity contribution < 1.29 is 9.47 Å². The zero-order chi connectivity index (χ0) is 12.8. The predicted molar refractivity (Wildman–Crippen MR) is 76.3 cm³/mol. The van der Waals surface area contributed by atoms with Crippen molar-refractivity contribution in [1.29, 1.82) is 0 Å². The minimum Gasteiger partial charge on any atom is -0.497 e. The van der Waals surface area contributed by atoms with Gasteiger partial charge in [-0.1, -0.05) is 0 Å². The van der Waals surface area contributed by atoms with Crippen molar-refractivity contribution in [3.63, 3.8) is 0 Å². The van der Waals surface area contributed by atoms with Gasteiger partial charge in [0.1, 0.15) is 5.75 Å². The lowest BCUT2D eigenvalue weighted by Crippen LogP contribution is -2.04. The molecule has 0 aromatic heterocycles. The fraction of sp³-hybridized carbons (Fsp3) is 0.571. The molecule has 1 aromatic rings. The van der Waals surface area contributed by atoms with Gasteiger partial charge in [-0.2, -0.15) is 0 Å². The lowest BCUT2D eigenvalue weighted by molar-refractivity contribution is 0.104. The number of nitrogen functional groups attached to an aromatic ring is 1. The lowest BCUT2D eigenvalue weighted by atomic mass is 10.1. The average molecular weight is 267 g/mol. The Hall–Kier alpha value is -0.870. The fourth-order valence-electron chi connectivity index (χ4n) is 2.13. The Morgan fingerprint density at radius 3 is 3.11 bits per heavy atom. The highest BCUT2D eigenvalue weighted by atomic mass is 32.2. The molecule has 0 bridgehead atoms. The highest BCUT2D eigenvalue weighted by Gasteiger charge is 2.14. The summed E-state index contributed by atoms with van der Waals surface area (Å²) in [7, 11) is 1.68. The molecule has 1 unspecified atom stereocenters. The molecular formula is C14H21NO2S. The first-order valence-corrected chi connectivity index (χ1v) is 7.46. The van der Waals surface area contributed by atoms with E-state index in [9.17, 15) is 0 Å². The van der Waals surface area contributed by atoms with Crippen LogP contribution in [0.2, 0.25) is 0 Å². The van der Waals surface area contributed by atoms with Crippen molar-refractivity contribution in [1.82, 2.24) is 0 Å². The highest BCUT2D eigenvalue weighted by molar-refractivity contribution is 7.99. The van der Waals surface area contributed by atoms with Gasteiger partial charge < -0.3 is 15.2 Å². The van der Waals surface area contributed by atoms with E-state index < -0.39 is 0 Å². The summed E-state index contributed by atoms with van der Waals surface area (Å²) in [6.45, 7) is 0.945. The second kappa shape index (κ2) is 6.90. The second-order valence-corrected chi connectivity index (χ2v) is 5.67. The summed E-state index contributed by atoms with van der Waals surface area (Å²) >= 11 is 1.80. The van der Waals surface area contributed by atoms with Crippen LogP contribution in [0.5, 0.6) is 5.75 Å². The molecule has 1 saturated heterocycles. The number of nitrogens with two attached hydrogens (primary N) is 1. The van der Waals surface area contributed by atoms with Gasteiger partial charge in [-0.15, -0.1) is 11.8 Å². The molecule has 1 atom stereocenters. The van der Waals surface area contributed by atoms with E-state index in [1.54, 1.807) is 18.9 Å². The molecule has 1 aromatic carbocycles. The fourth-order valence-corrected chi connectivity index (χ4v) is 3.10. The smallest absolute Gasteiger partial charge is 0.120 e. The van der Waals surface area contributed by atoms with Gasteiger partial charge in [0.25, 0.3) is 0 Å². The maximum absolute atomic E-state index is 5.95. The Bertz CT molecular complexity index is 378. The minimum atomic E-state index is 0.494. The van der Waals surface area contributed by atoms with Crippen molar-refractivity contribution in [2.45, 2.75) is 36.7 Å². The Morgan fingerprint density at radius 2 is 2.39 bits per heavy atom. The van der Waals surface area contributed by atoms with E-state index in [1.807, 2.05) is 18.2 Å². The molecule has 0 amide bonds. The van der Waals surface area contributed by atoms with Crippen molar-refractivity contribution in [3.8, 4) is 5.75 Å². The van der Waals surface area contributed by atoms with Crippen molar-refractivity contribution in [2.24, 2.45) is 0 Å². The molecule has 0 radical (unpaired) electrons. The molecule has 0 aliphatic carbocycles. The van der Waals surface area contributed by atoms with Crippen LogP contribution < -0.4 is 10.5 Å². The third-order valence-electron chi connectivity index (χ3n) is 3.17. The standard InChI is InChI=1S/C14H21NO2S/c1-16-12-6-7-13(15)14(10-12)18-9-3-5-11-4-2-8-17-11/h6-7,10-11H,2-5,8-9,15H2,1H3. The molecule has 2 rings (SSSR count). The summed E-state index contributed by atoms with van der Waals surface area (Å²) in [6, 6.07) is 5.80. The Morgan fingerprint density at radius 1 is 1.50 bits per heavy atom. The van der Waals surface area contributed by atoms with Crippen LogP contribution in [-0.4, -0.2) is 25.6 Å². The van der Waals surface area contributed by atoms with Crippen molar-refractivity contribution in [2.75, 3.05) is 25.2 Å². The summed E-state index contributed by atoms with van der Waals surface area (Å²) in [5.41, 5.74) is 6.78. The van der Waals surface area contributed by atoms with Crippen molar-refractivity contribution >= 4 is 17.4 Å². The lowest BCUT2D eigenvalue weighted by Gasteiger charge is -2.10. The minimum absolute atomic E-state index is 0.494. The van der Waals surface area contributed by atoms with Gasteiger partial charge in [0.05, 0.1) is 13.2 Å². The highest BCUT2D eigenvalue weighted by Crippen LogP contribution is 2.30. The van der Waals surface area contributed by atoms with E-state index in [-0.39, 0.29) is 0 Å². The van der Waals surface area contributed by atoms with Gasteiger partial charge >= 0.3 is 0 Å². The van der Waals surface area contributed by atoms with Gasteiger partial charge in [-0.25, -0.2) is 0 Å². The third-order valence-corrected chi connectivity index (χ3v) is 4.33. The zero-order valence-electron chi connectivity index (χ0n) is 10.9. The molecule has 1 aliphatic rings. The molecule has 1 fully saturated rings. The van der Waals surface area contributed by atoms with Gasteiger partial charge in [0.15, 0.2) is 0 Å². The Labute approximate surface area is 113 Å². The maximum atomic E-state index is 5.95. The molecule has 1 heterocycles. The van der Waals surface area contributed by atoms with Crippen LogP contribution in [0.15, 0.2) is 23.1 Å². The number of ether oxygens (including phenoxy) is 2. The first kappa shape index (κ1) is 13.6. The van der Waals surface area contributed by atoms with Gasteiger partial charge in [-0.05, 0) is 49.6 Å². The van der Waals surface area contributed by atoms with E-state index in [1.165, 1.54) is 19.3 Å². The largest absolute Gasteiger partial charge is 0.497 e. The van der Waals surface area contributed by atoms with E-state index in [2.05, 4.69) is 0 Å². The second-order valence-electron chi connectivity index (χ2n) is 4.53. The third kappa shape index (κ3) is 3.82. The van der Waals surface area contributed by atoms with E-state index in [0.29, 0.717) is 6.10 Å². The number of rotatable bonds is 6. The summed E-state index contributed by atoms with van der Waals surface area (Å²) in [5, 5.41) is 0. The molecule has 0 saturated carbocycles. The number of thioether (sulfide) groups is 1. The predicted octanol–water partition coefficient (Wildman–Crippen LogP) is 3.33. The molecule has 3 nitrogen and oxygen atoms in total. The van der Waals surface area contributed by atoms with Crippen LogP contribution in [0.25, 0.3) is 0 Å². The number of methoxy groups -OCH3 is 1. The molecular weight excluding hydrogens is 246 g/mol. The van der Waals surface area contributed by atoms with Crippen molar-refractivity contribution in [3.05, 3.63) is 18.2 Å². The normalized spacial score (nSPS) is 19.1. The molecule has 18 heavy (non-hydrogen) atoms. The summed E-state index contributed by atoms with van der Waals surface area (Å²) in [4.78, 5) is 1.11. The molecule has 1 aliphatic heterocycles. The van der Waals surface area contributed by atoms with E-state index >= 15 is 0 Å². The number of hydrogen-bond acceptors (Lipinski definition) is 4. The van der Waals surface area contributed by atoms with Gasteiger partial charge in [0.2, 0.25) is 0 Å². The first-order chi connectivity index (χ1) is 8.79. The number of anilines is 1. The quantitative estimate of drug-likeness (QED) is 0.488. The zero-order valence-corrected chi connectivity index (χ0v) is 11.7. The molecule has 100 valence electrons. The van der Waals surface area contributed by atoms with Crippen LogP contribution >= 0.6 is 11.8 Å². The molecule has 2 N–H and O–H groups in total. The van der Waals surface area contributed by atoms with Gasteiger partial charge in [-0.3, -0.25) is 0 Å². The maximum Gasteiger partial charge on any atom is 0.120 e. The summed E-state index contributed by atoms with van der Waals surface area (Å²) in [5.74, 6) is 1.95. The monoisotopic (exact) mass is 267 g/mol. The van der Waals surface area contributed by atoms with Crippen LogP contribution in [0.1, 0.15) is 25.7 Å².